The van der Waals surface area contributed by atoms with Crippen molar-refractivity contribution < 1.29 is 0 Å². The van der Waals surface area contributed by atoms with E-state index < -0.39 is 0 Å². The van der Waals surface area contributed by atoms with E-state index in [-0.39, 0.29) is 6.04 Å². The molecule has 0 amide bonds. The minimum absolute atomic E-state index is 0.264. The maximum Gasteiger partial charge on any atom is 0.126 e. The van der Waals surface area contributed by atoms with Gasteiger partial charge in [-0.15, -0.1) is 0 Å². The third-order valence-corrected chi connectivity index (χ3v) is 7.24. The second kappa shape index (κ2) is 7.14. The summed E-state index contributed by atoms with van der Waals surface area (Å²) in [5.41, 5.74) is 4.38. The molecule has 28 heavy (non-hydrogen) atoms. The number of fused-ring (bicyclic) bond motifs is 1. The summed E-state index contributed by atoms with van der Waals surface area (Å²) in [4.78, 5) is 9.82. The van der Waals surface area contributed by atoms with Crippen LogP contribution in [0.3, 0.4) is 0 Å². The molecule has 2 aliphatic heterocycles. The topological polar surface area (TPSA) is 35.2 Å². The van der Waals surface area contributed by atoms with E-state index in [1.807, 2.05) is 30.8 Å². The van der Waals surface area contributed by atoms with Crippen molar-refractivity contribution in [1.82, 2.24) is 20.0 Å². The van der Waals surface area contributed by atoms with Gasteiger partial charge in [-0.05, 0) is 49.9 Å². The largest absolute Gasteiger partial charge is 0.341 e. The first kappa shape index (κ1) is 18.1. The first-order valence-corrected chi connectivity index (χ1v) is 11.0. The molecule has 2 aliphatic rings. The normalized spacial score (nSPS) is 23.0. The zero-order chi connectivity index (χ0) is 19.3. The summed E-state index contributed by atoms with van der Waals surface area (Å²) < 4.78 is 0. The lowest BCUT2D eigenvalue weighted by Crippen LogP contribution is -2.41. The number of imidazole rings is 1. The number of halogens is 1. The lowest BCUT2D eigenvalue weighted by molar-refractivity contribution is 0.00255. The average Bonchev–Trinajstić information content (AvgIpc) is 3.43. The van der Waals surface area contributed by atoms with Gasteiger partial charge >= 0.3 is 0 Å². The Kier molecular flexibility index (Phi) is 4.62. The SMILES string of the molecule is Cc1c(Cl)ccc2[nH]c(C3CCCN3N3C=C(c4ccccc4)SC3C)nc12. The summed E-state index contributed by atoms with van der Waals surface area (Å²) in [5, 5.41) is 6.02. The van der Waals surface area contributed by atoms with Gasteiger partial charge in [-0.2, -0.15) is 0 Å². The van der Waals surface area contributed by atoms with Gasteiger partial charge in [0.2, 0.25) is 0 Å². The van der Waals surface area contributed by atoms with Crippen LogP contribution in [0.1, 0.15) is 42.8 Å². The quantitative estimate of drug-likeness (QED) is 0.576. The van der Waals surface area contributed by atoms with Crippen LogP contribution in [0.4, 0.5) is 0 Å². The van der Waals surface area contributed by atoms with Gasteiger partial charge in [-0.3, -0.25) is 5.01 Å². The fourth-order valence-electron chi connectivity index (χ4n) is 4.19. The minimum atomic E-state index is 0.264. The van der Waals surface area contributed by atoms with Crippen LogP contribution < -0.4 is 0 Å². The van der Waals surface area contributed by atoms with Crippen LogP contribution >= 0.6 is 23.4 Å². The predicted molar refractivity (Wildman–Crippen MR) is 118 cm³/mol. The van der Waals surface area contributed by atoms with Crippen LogP contribution in [0, 0.1) is 6.92 Å². The fraction of sp³-hybridized carbons (Fsp3) is 0.318. The molecule has 0 spiro atoms. The van der Waals surface area contributed by atoms with E-state index in [1.165, 1.54) is 16.9 Å². The molecule has 0 bridgehead atoms. The maximum atomic E-state index is 6.30. The molecule has 3 heterocycles. The zero-order valence-corrected chi connectivity index (χ0v) is 17.6. The molecule has 2 atom stereocenters. The molecule has 5 rings (SSSR count). The molecule has 4 nitrogen and oxygen atoms in total. The highest BCUT2D eigenvalue weighted by atomic mass is 35.5. The number of benzene rings is 2. The van der Waals surface area contributed by atoms with Crippen LogP contribution in [-0.2, 0) is 0 Å². The Hall–Kier alpha value is -1.95. The molecular formula is C22H23ClN4S. The van der Waals surface area contributed by atoms with E-state index in [2.05, 4.69) is 58.5 Å². The Morgan fingerprint density at radius 2 is 2.00 bits per heavy atom. The summed E-state index contributed by atoms with van der Waals surface area (Å²) in [7, 11) is 0. The highest BCUT2D eigenvalue weighted by Gasteiger charge is 2.36. The second-order valence-electron chi connectivity index (χ2n) is 7.47. The molecule has 3 aromatic rings. The summed E-state index contributed by atoms with van der Waals surface area (Å²) in [5.74, 6) is 1.04. The number of hydrogen-bond acceptors (Lipinski definition) is 4. The Labute approximate surface area is 174 Å². The summed E-state index contributed by atoms with van der Waals surface area (Å²) >= 11 is 8.22. The molecule has 0 saturated carbocycles. The van der Waals surface area contributed by atoms with Crippen LogP contribution in [-0.4, -0.2) is 31.9 Å². The molecule has 0 aliphatic carbocycles. The number of rotatable bonds is 3. The van der Waals surface area contributed by atoms with Crippen molar-refractivity contribution in [3.05, 3.63) is 70.6 Å². The average molecular weight is 411 g/mol. The van der Waals surface area contributed by atoms with Gasteiger partial charge in [0.05, 0.1) is 22.4 Å². The van der Waals surface area contributed by atoms with Gasteiger partial charge in [0.25, 0.3) is 0 Å². The molecular weight excluding hydrogens is 388 g/mol. The first-order chi connectivity index (χ1) is 13.6. The number of hydrogen-bond donors (Lipinski definition) is 1. The molecule has 1 saturated heterocycles. The minimum Gasteiger partial charge on any atom is -0.341 e. The van der Waals surface area contributed by atoms with E-state index in [0.717, 1.165) is 40.4 Å². The van der Waals surface area contributed by atoms with Crippen LogP contribution in [0.15, 0.2) is 48.7 Å². The van der Waals surface area contributed by atoms with Gasteiger partial charge < -0.3 is 4.98 Å². The monoisotopic (exact) mass is 410 g/mol. The molecule has 0 radical (unpaired) electrons. The van der Waals surface area contributed by atoms with Gasteiger partial charge in [-0.1, -0.05) is 53.7 Å². The summed E-state index contributed by atoms with van der Waals surface area (Å²) in [6.07, 6.45) is 4.58. The highest BCUT2D eigenvalue weighted by molar-refractivity contribution is 8.09. The van der Waals surface area contributed by atoms with Crippen molar-refractivity contribution in [1.29, 1.82) is 0 Å². The number of hydrazine groups is 1. The maximum absolute atomic E-state index is 6.30. The number of aryl methyl sites for hydroxylation is 1. The number of aromatic amines is 1. The number of H-pyrrole nitrogens is 1. The Balaban J connectivity index is 1.47. The van der Waals surface area contributed by atoms with Crippen LogP contribution in [0.5, 0.6) is 0 Å². The molecule has 1 N–H and O–H groups in total. The Morgan fingerprint density at radius 1 is 1.18 bits per heavy atom. The highest BCUT2D eigenvalue weighted by Crippen LogP contribution is 2.44. The van der Waals surface area contributed by atoms with Crippen molar-refractivity contribution in [2.45, 2.75) is 38.1 Å². The Bertz CT molecular complexity index is 1050. The third kappa shape index (κ3) is 3.02. The molecule has 144 valence electrons. The standard InChI is InChI=1S/C22H23ClN4S/c1-14-17(23)10-11-18-21(14)25-22(24-18)19-9-6-12-26(19)27-13-20(28-15(27)2)16-7-4-3-5-8-16/h3-5,7-8,10-11,13,15,19H,6,9,12H2,1-2H3,(H,24,25). The fourth-order valence-corrected chi connectivity index (χ4v) is 5.44. The van der Waals surface area contributed by atoms with Crippen molar-refractivity contribution >= 4 is 39.3 Å². The van der Waals surface area contributed by atoms with Crippen molar-refractivity contribution in [3.63, 3.8) is 0 Å². The summed E-state index contributed by atoms with van der Waals surface area (Å²) in [6, 6.07) is 14.9. The van der Waals surface area contributed by atoms with E-state index in [1.54, 1.807) is 0 Å². The van der Waals surface area contributed by atoms with E-state index >= 15 is 0 Å². The van der Waals surface area contributed by atoms with E-state index in [4.69, 9.17) is 16.6 Å². The lowest BCUT2D eigenvalue weighted by atomic mass is 10.2. The number of aromatic nitrogens is 2. The van der Waals surface area contributed by atoms with Crippen molar-refractivity contribution in [2.75, 3.05) is 6.54 Å². The van der Waals surface area contributed by atoms with Crippen molar-refractivity contribution in [2.24, 2.45) is 0 Å². The second-order valence-corrected chi connectivity index (χ2v) is 9.23. The van der Waals surface area contributed by atoms with Gasteiger partial charge in [0.1, 0.15) is 5.82 Å². The molecule has 6 heteroatoms. The molecule has 1 aromatic heterocycles. The molecule has 2 aromatic carbocycles. The smallest absolute Gasteiger partial charge is 0.126 e. The summed E-state index contributed by atoms with van der Waals surface area (Å²) in [6.45, 7) is 5.36. The zero-order valence-electron chi connectivity index (χ0n) is 16.0. The van der Waals surface area contributed by atoms with Crippen LogP contribution in [0.25, 0.3) is 15.9 Å². The lowest BCUT2D eigenvalue weighted by Gasteiger charge is -2.35. The number of nitrogens with zero attached hydrogens (tertiary/aromatic N) is 3. The number of nitrogens with one attached hydrogen (secondary N) is 1. The van der Waals surface area contributed by atoms with Gasteiger partial charge in [0, 0.05) is 22.7 Å². The van der Waals surface area contributed by atoms with Gasteiger partial charge in [0.15, 0.2) is 0 Å². The van der Waals surface area contributed by atoms with E-state index in [0.29, 0.717) is 5.37 Å². The number of thioether (sulfide) groups is 1. The third-order valence-electron chi connectivity index (χ3n) is 5.67. The van der Waals surface area contributed by atoms with E-state index in [9.17, 15) is 0 Å². The van der Waals surface area contributed by atoms with Gasteiger partial charge in [-0.25, -0.2) is 9.99 Å². The molecule has 1 fully saturated rings. The first-order valence-electron chi connectivity index (χ1n) is 9.75. The molecule has 2 unspecified atom stereocenters. The Morgan fingerprint density at radius 3 is 2.82 bits per heavy atom. The van der Waals surface area contributed by atoms with Crippen molar-refractivity contribution in [3.8, 4) is 0 Å². The predicted octanol–water partition coefficient (Wildman–Crippen LogP) is 5.97. The van der Waals surface area contributed by atoms with Crippen LogP contribution in [0.2, 0.25) is 5.02 Å².